The Morgan fingerprint density at radius 1 is 1.47 bits per heavy atom. The number of carboxylic acids is 1. The van der Waals surface area contributed by atoms with Gasteiger partial charge in [-0.05, 0) is 31.0 Å². The van der Waals surface area contributed by atoms with E-state index >= 15 is 0 Å². The van der Waals surface area contributed by atoms with Gasteiger partial charge in [-0.1, -0.05) is 18.2 Å². The van der Waals surface area contributed by atoms with E-state index in [2.05, 4.69) is 4.90 Å². The molecular weight excluding hydrogens is 216 g/mol. The quantitative estimate of drug-likeness (QED) is 0.827. The van der Waals surface area contributed by atoms with Gasteiger partial charge < -0.3 is 10.8 Å². The van der Waals surface area contributed by atoms with Gasteiger partial charge in [0.05, 0.1) is 5.56 Å². The zero-order valence-corrected chi connectivity index (χ0v) is 9.80. The molecule has 2 rings (SSSR count). The number of likely N-dealkylation sites (tertiary alicyclic amines) is 1. The average Bonchev–Trinajstić information content (AvgIpc) is 2.29. The van der Waals surface area contributed by atoms with Crippen LogP contribution in [-0.2, 0) is 6.54 Å². The Bertz CT molecular complexity index is 406. The van der Waals surface area contributed by atoms with Crippen molar-refractivity contribution in [2.75, 3.05) is 13.1 Å². The first kappa shape index (κ1) is 12.1. The van der Waals surface area contributed by atoms with E-state index in [1.807, 2.05) is 12.1 Å². The average molecular weight is 234 g/mol. The van der Waals surface area contributed by atoms with E-state index in [0.29, 0.717) is 12.1 Å². The Labute approximate surface area is 101 Å². The van der Waals surface area contributed by atoms with Gasteiger partial charge in [-0.25, -0.2) is 4.79 Å². The highest BCUT2D eigenvalue weighted by molar-refractivity contribution is 5.89. The molecule has 0 bridgehead atoms. The van der Waals surface area contributed by atoms with Crippen molar-refractivity contribution in [3.63, 3.8) is 0 Å². The molecule has 1 aromatic carbocycles. The van der Waals surface area contributed by atoms with E-state index in [0.717, 1.165) is 31.5 Å². The highest BCUT2D eigenvalue weighted by Gasteiger charge is 2.18. The van der Waals surface area contributed by atoms with E-state index in [-0.39, 0.29) is 6.04 Å². The third-order valence-electron chi connectivity index (χ3n) is 3.18. The summed E-state index contributed by atoms with van der Waals surface area (Å²) < 4.78 is 0. The first-order valence-corrected chi connectivity index (χ1v) is 5.96. The van der Waals surface area contributed by atoms with Gasteiger partial charge in [0.25, 0.3) is 0 Å². The summed E-state index contributed by atoms with van der Waals surface area (Å²) in [7, 11) is 0. The molecule has 1 aliphatic rings. The minimum absolute atomic E-state index is 0.223. The zero-order chi connectivity index (χ0) is 12.3. The fraction of sp³-hybridized carbons (Fsp3) is 0.462. The van der Waals surface area contributed by atoms with E-state index in [1.54, 1.807) is 12.1 Å². The zero-order valence-electron chi connectivity index (χ0n) is 9.80. The minimum atomic E-state index is -0.859. The third-order valence-corrected chi connectivity index (χ3v) is 3.18. The number of carbonyl (C=O) groups is 1. The molecule has 1 atom stereocenters. The summed E-state index contributed by atoms with van der Waals surface area (Å²) in [6.07, 6.45) is 2.16. The molecule has 4 nitrogen and oxygen atoms in total. The maximum absolute atomic E-state index is 11.1. The van der Waals surface area contributed by atoms with Crippen molar-refractivity contribution in [1.82, 2.24) is 4.90 Å². The molecule has 1 aromatic rings. The molecule has 1 unspecified atom stereocenters. The van der Waals surface area contributed by atoms with Gasteiger partial charge in [0, 0.05) is 19.1 Å². The second-order valence-corrected chi connectivity index (χ2v) is 4.60. The van der Waals surface area contributed by atoms with E-state index in [1.165, 1.54) is 0 Å². The van der Waals surface area contributed by atoms with E-state index in [4.69, 9.17) is 10.8 Å². The molecule has 3 N–H and O–H groups in total. The highest BCUT2D eigenvalue weighted by atomic mass is 16.4. The fourth-order valence-corrected chi connectivity index (χ4v) is 2.34. The number of benzene rings is 1. The van der Waals surface area contributed by atoms with Gasteiger partial charge in [0.2, 0.25) is 0 Å². The molecule has 17 heavy (non-hydrogen) atoms. The molecule has 0 spiro atoms. The number of hydrogen-bond donors (Lipinski definition) is 2. The maximum atomic E-state index is 11.1. The summed E-state index contributed by atoms with van der Waals surface area (Å²) in [6, 6.07) is 7.40. The highest BCUT2D eigenvalue weighted by Crippen LogP contribution is 2.15. The molecule has 0 radical (unpaired) electrons. The van der Waals surface area contributed by atoms with Gasteiger partial charge >= 0.3 is 5.97 Å². The summed E-state index contributed by atoms with van der Waals surface area (Å²) >= 11 is 0. The van der Waals surface area contributed by atoms with Gasteiger partial charge in [0.15, 0.2) is 0 Å². The number of piperidine rings is 1. The van der Waals surface area contributed by atoms with Crippen molar-refractivity contribution in [2.45, 2.75) is 25.4 Å². The first-order valence-electron chi connectivity index (χ1n) is 5.96. The van der Waals surface area contributed by atoms with Crippen molar-refractivity contribution in [2.24, 2.45) is 5.73 Å². The first-order chi connectivity index (χ1) is 8.16. The molecule has 4 heteroatoms. The van der Waals surface area contributed by atoms with Crippen LogP contribution >= 0.6 is 0 Å². The number of nitrogens with two attached hydrogens (primary N) is 1. The van der Waals surface area contributed by atoms with Crippen molar-refractivity contribution in [3.05, 3.63) is 35.4 Å². The van der Waals surface area contributed by atoms with Crippen molar-refractivity contribution >= 4 is 5.97 Å². The molecule has 0 amide bonds. The lowest BCUT2D eigenvalue weighted by atomic mass is 10.0. The van der Waals surface area contributed by atoms with Crippen LogP contribution in [-0.4, -0.2) is 35.1 Å². The van der Waals surface area contributed by atoms with Crippen molar-refractivity contribution in [3.8, 4) is 0 Å². The van der Waals surface area contributed by atoms with Gasteiger partial charge in [-0.15, -0.1) is 0 Å². The third kappa shape index (κ3) is 3.05. The predicted molar refractivity (Wildman–Crippen MR) is 65.9 cm³/mol. The van der Waals surface area contributed by atoms with Crippen LogP contribution in [0.1, 0.15) is 28.8 Å². The molecule has 1 heterocycles. The van der Waals surface area contributed by atoms with Crippen LogP contribution < -0.4 is 5.73 Å². The number of carboxylic acid groups (broad SMARTS) is 1. The molecular formula is C13H18N2O2. The second kappa shape index (κ2) is 5.29. The Balaban J connectivity index is 2.10. The molecule has 0 saturated carbocycles. The summed E-state index contributed by atoms with van der Waals surface area (Å²) in [4.78, 5) is 13.3. The van der Waals surface area contributed by atoms with Gasteiger partial charge in [-0.3, -0.25) is 4.90 Å². The largest absolute Gasteiger partial charge is 0.478 e. The summed E-state index contributed by atoms with van der Waals surface area (Å²) in [5.74, 6) is -0.859. The van der Waals surface area contributed by atoms with Crippen LogP contribution in [0.4, 0.5) is 0 Å². The molecule has 0 aromatic heterocycles. The predicted octanol–water partition coefficient (Wildman–Crippen LogP) is 1.31. The molecule has 92 valence electrons. The molecule has 1 aliphatic heterocycles. The van der Waals surface area contributed by atoms with Crippen LogP contribution in [0.25, 0.3) is 0 Å². The fourth-order valence-electron chi connectivity index (χ4n) is 2.34. The number of aromatic carboxylic acids is 1. The Kier molecular flexibility index (Phi) is 3.76. The molecule has 0 aliphatic carbocycles. The number of hydrogen-bond acceptors (Lipinski definition) is 3. The Morgan fingerprint density at radius 2 is 2.24 bits per heavy atom. The smallest absolute Gasteiger partial charge is 0.336 e. The van der Waals surface area contributed by atoms with Gasteiger partial charge in [0.1, 0.15) is 0 Å². The monoisotopic (exact) mass is 234 g/mol. The van der Waals surface area contributed by atoms with Crippen LogP contribution in [0.3, 0.4) is 0 Å². The van der Waals surface area contributed by atoms with Crippen LogP contribution in [0.15, 0.2) is 24.3 Å². The lowest BCUT2D eigenvalue weighted by molar-refractivity contribution is 0.0694. The Morgan fingerprint density at radius 3 is 2.94 bits per heavy atom. The van der Waals surface area contributed by atoms with Gasteiger partial charge in [-0.2, -0.15) is 0 Å². The Hall–Kier alpha value is -1.39. The van der Waals surface area contributed by atoms with Crippen molar-refractivity contribution in [1.29, 1.82) is 0 Å². The number of nitrogens with zero attached hydrogens (tertiary/aromatic N) is 1. The number of rotatable bonds is 3. The summed E-state index contributed by atoms with van der Waals surface area (Å²) in [6.45, 7) is 2.53. The topological polar surface area (TPSA) is 66.6 Å². The maximum Gasteiger partial charge on any atom is 0.336 e. The molecule has 1 saturated heterocycles. The van der Waals surface area contributed by atoms with Crippen LogP contribution in [0, 0.1) is 0 Å². The summed E-state index contributed by atoms with van der Waals surface area (Å²) in [5, 5.41) is 9.10. The minimum Gasteiger partial charge on any atom is -0.478 e. The van der Waals surface area contributed by atoms with Crippen LogP contribution in [0.5, 0.6) is 0 Å². The second-order valence-electron chi connectivity index (χ2n) is 4.60. The van der Waals surface area contributed by atoms with E-state index in [9.17, 15) is 4.79 Å². The SMILES string of the molecule is NC1CCCN(Cc2ccccc2C(=O)O)C1. The molecule has 1 fully saturated rings. The lowest BCUT2D eigenvalue weighted by Crippen LogP contribution is -2.42. The normalized spacial score (nSPS) is 21.4. The standard InChI is InChI=1S/C13H18N2O2/c14-11-5-3-7-15(9-11)8-10-4-1-2-6-12(10)13(16)17/h1-2,4,6,11H,3,5,7-9,14H2,(H,16,17). The van der Waals surface area contributed by atoms with E-state index < -0.39 is 5.97 Å². The van der Waals surface area contributed by atoms with Crippen molar-refractivity contribution < 1.29 is 9.90 Å². The lowest BCUT2D eigenvalue weighted by Gasteiger charge is -2.30. The summed E-state index contributed by atoms with van der Waals surface area (Å²) in [5.41, 5.74) is 7.18. The van der Waals surface area contributed by atoms with Crippen LogP contribution in [0.2, 0.25) is 0 Å².